The van der Waals surface area contributed by atoms with Gasteiger partial charge in [-0.05, 0) is 83.1 Å². The van der Waals surface area contributed by atoms with Crippen molar-refractivity contribution >= 4 is 39.9 Å². The number of halogens is 3. The highest BCUT2D eigenvalue weighted by Gasteiger charge is 2.13. The first-order valence-electron chi connectivity index (χ1n) is 8.87. The van der Waals surface area contributed by atoms with Gasteiger partial charge in [-0.1, -0.05) is 29.8 Å². The van der Waals surface area contributed by atoms with Crippen LogP contribution in [0.25, 0.3) is 0 Å². The SMILES string of the molecule is CCOc1cc(CNc2cccc(Cl)c2)cc(I)c1OCc1ccc(F)cc1. The summed E-state index contributed by atoms with van der Waals surface area (Å²) in [6.07, 6.45) is 0. The van der Waals surface area contributed by atoms with Crippen LogP contribution in [0.15, 0.2) is 60.7 Å². The van der Waals surface area contributed by atoms with Crippen molar-refractivity contribution in [3.05, 3.63) is 86.2 Å². The molecule has 0 atom stereocenters. The van der Waals surface area contributed by atoms with Gasteiger partial charge < -0.3 is 14.8 Å². The van der Waals surface area contributed by atoms with E-state index in [4.69, 9.17) is 21.1 Å². The van der Waals surface area contributed by atoms with Crippen LogP contribution in [-0.2, 0) is 13.2 Å². The van der Waals surface area contributed by atoms with Crippen LogP contribution in [0.1, 0.15) is 18.1 Å². The molecule has 0 aliphatic heterocycles. The molecule has 6 heteroatoms. The molecule has 146 valence electrons. The molecule has 0 amide bonds. The molecule has 3 aromatic carbocycles. The summed E-state index contributed by atoms with van der Waals surface area (Å²) in [5.41, 5.74) is 2.92. The van der Waals surface area contributed by atoms with E-state index in [0.29, 0.717) is 36.3 Å². The van der Waals surface area contributed by atoms with Crippen LogP contribution in [0.2, 0.25) is 5.02 Å². The van der Waals surface area contributed by atoms with Crippen molar-refractivity contribution in [3.8, 4) is 11.5 Å². The van der Waals surface area contributed by atoms with Crippen molar-refractivity contribution in [2.45, 2.75) is 20.1 Å². The number of anilines is 1. The van der Waals surface area contributed by atoms with Gasteiger partial charge >= 0.3 is 0 Å². The Balaban J connectivity index is 1.74. The maximum atomic E-state index is 13.1. The van der Waals surface area contributed by atoms with Crippen molar-refractivity contribution in [2.75, 3.05) is 11.9 Å². The molecule has 3 rings (SSSR count). The zero-order chi connectivity index (χ0) is 19.9. The standard InChI is InChI=1S/C22H20ClFINO2/c1-2-27-21-11-16(13-26-19-5-3-4-17(23)12-19)10-20(25)22(21)28-14-15-6-8-18(24)9-7-15/h3-12,26H,2,13-14H2,1H3. The van der Waals surface area contributed by atoms with E-state index >= 15 is 0 Å². The summed E-state index contributed by atoms with van der Waals surface area (Å²) in [7, 11) is 0. The van der Waals surface area contributed by atoms with Crippen molar-refractivity contribution in [1.29, 1.82) is 0 Å². The zero-order valence-electron chi connectivity index (χ0n) is 15.3. The Labute approximate surface area is 183 Å². The van der Waals surface area contributed by atoms with Gasteiger partial charge in [-0.15, -0.1) is 0 Å². The Morgan fingerprint density at radius 1 is 1.00 bits per heavy atom. The largest absolute Gasteiger partial charge is 0.490 e. The molecule has 0 saturated heterocycles. The van der Waals surface area contributed by atoms with Gasteiger partial charge in [-0.2, -0.15) is 0 Å². The lowest BCUT2D eigenvalue weighted by atomic mass is 10.2. The van der Waals surface area contributed by atoms with E-state index in [1.54, 1.807) is 12.1 Å². The average Bonchev–Trinajstić information content (AvgIpc) is 2.67. The second kappa shape index (κ2) is 9.98. The second-order valence-corrected chi connectivity index (χ2v) is 7.72. The zero-order valence-corrected chi connectivity index (χ0v) is 18.3. The van der Waals surface area contributed by atoms with E-state index in [1.807, 2.05) is 37.3 Å². The van der Waals surface area contributed by atoms with Crippen molar-refractivity contribution in [1.82, 2.24) is 0 Å². The molecule has 0 aliphatic rings. The van der Waals surface area contributed by atoms with Crippen LogP contribution in [0.3, 0.4) is 0 Å². The molecular formula is C22H20ClFINO2. The minimum absolute atomic E-state index is 0.259. The van der Waals surface area contributed by atoms with Gasteiger partial charge in [0.25, 0.3) is 0 Å². The quantitative estimate of drug-likeness (QED) is 0.343. The van der Waals surface area contributed by atoms with Crippen molar-refractivity contribution in [2.24, 2.45) is 0 Å². The molecule has 0 heterocycles. The summed E-state index contributed by atoms with van der Waals surface area (Å²) < 4.78 is 25.8. The first kappa shape index (κ1) is 20.7. The topological polar surface area (TPSA) is 30.5 Å². The first-order chi connectivity index (χ1) is 13.5. The number of rotatable bonds is 8. The third-order valence-electron chi connectivity index (χ3n) is 3.99. The monoisotopic (exact) mass is 511 g/mol. The third-order valence-corrected chi connectivity index (χ3v) is 5.02. The van der Waals surface area contributed by atoms with Crippen LogP contribution in [0.5, 0.6) is 11.5 Å². The molecular weight excluding hydrogens is 492 g/mol. The Kier molecular flexibility index (Phi) is 7.39. The fourth-order valence-electron chi connectivity index (χ4n) is 2.67. The minimum atomic E-state index is -0.259. The van der Waals surface area contributed by atoms with Crippen LogP contribution < -0.4 is 14.8 Å². The molecule has 0 radical (unpaired) electrons. The first-order valence-corrected chi connectivity index (χ1v) is 10.3. The Hall–Kier alpha value is -1.99. The summed E-state index contributed by atoms with van der Waals surface area (Å²) in [5, 5.41) is 4.05. The van der Waals surface area contributed by atoms with Crippen LogP contribution in [0, 0.1) is 9.39 Å². The fourth-order valence-corrected chi connectivity index (χ4v) is 3.68. The molecule has 3 aromatic rings. The maximum absolute atomic E-state index is 13.1. The highest BCUT2D eigenvalue weighted by atomic mass is 127. The lowest BCUT2D eigenvalue weighted by molar-refractivity contribution is 0.267. The molecule has 1 N–H and O–H groups in total. The normalized spacial score (nSPS) is 10.6. The molecule has 0 aliphatic carbocycles. The number of nitrogens with one attached hydrogen (secondary N) is 1. The molecule has 3 nitrogen and oxygen atoms in total. The summed E-state index contributed by atoms with van der Waals surface area (Å²) >= 11 is 8.28. The Morgan fingerprint density at radius 3 is 2.50 bits per heavy atom. The van der Waals surface area contributed by atoms with Gasteiger partial charge in [0.1, 0.15) is 12.4 Å². The fraction of sp³-hybridized carbons (Fsp3) is 0.182. The van der Waals surface area contributed by atoms with Gasteiger partial charge in [-0.3, -0.25) is 0 Å². The van der Waals surface area contributed by atoms with Gasteiger partial charge in [0.15, 0.2) is 11.5 Å². The number of hydrogen-bond donors (Lipinski definition) is 1. The van der Waals surface area contributed by atoms with Gasteiger partial charge in [0.05, 0.1) is 10.2 Å². The minimum Gasteiger partial charge on any atom is -0.490 e. The van der Waals surface area contributed by atoms with Gasteiger partial charge in [0.2, 0.25) is 0 Å². The van der Waals surface area contributed by atoms with E-state index in [0.717, 1.165) is 20.4 Å². The molecule has 0 spiro atoms. The second-order valence-electron chi connectivity index (χ2n) is 6.12. The van der Waals surface area contributed by atoms with Crippen LogP contribution in [-0.4, -0.2) is 6.61 Å². The van der Waals surface area contributed by atoms with Crippen molar-refractivity contribution in [3.63, 3.8) is 0 Å². The number of benzene rings is 3. The van der Waals surface area contributed by atoms with E-state index < -0.39 is 0 Å². The van der Waals surface area contributed by atoms with Crippen LogP contribution in [0.4, 0.5) is 10.1 Å². The van der Waals surface area contributed by atoms with Gasteiger partial charge in [-0.25, -0.2) is 4.39 Å². The predicted molar refractivity (Wildman–Crippen MR) is 120 cm³/mol. The Bertz CT molecular complexity index is 934. The summed E-state index contributed by atoms with van der Waals surface area (Å²) in [6, 6.07) is 17.9. The molecule has 0 aromatic heterocycles. The maximum Gasteiger partial charge on any atom is 0.174 e. The third kappa shape index (κ3) is 5.75. The van der Waals surface area contributed by atoms with E-state index in [2.05, 4.69) is 34.0 Å². The summed E-state index contributed by atoms with van der Waals surface area (Å²) in [6.45, 7) is 3.45. The van der Waals surface area contributed by atoms with E-state index in [1.165, 1.54) is 12.1 Å². The van der Waals surface area contributed by atoms with Crippen molar-refractivity contribution < 1.29 is 13.9 Å². The summed E-state index contributed by atoms with van der Waals surface area (Å²) in [5.74, 6) is 1.13. The highest BCUT2D eigenvalue weighted by molar-refractivity contribution is 14.1. The van der Waals surface area contributed by atoms with E-state index in [-0.39, 0.29) is 5.82 Å². The molecule has 0 unspecified atom stereocenters. The number of hydrogen-bond acceptors (Lipinski definition) is 3. The Morgan fingerprint density at radius 2 is 1.79 bits per heavy atom. The molecule has 0 saturated carbocycles. The smallest absolute Gasteiger partial charge is 0.174 e. The molecule has 0 fully saturated rings. The molecule has 0 bridgehead atoms. The highest BCUT2D eigenvalue weighted by Crippen LogP contribution is 2.35. The lowest BCUT2D eigenvalue weighted by Crippen LogP contribution is -2.05. The molecule has 28 heavy (non-hydrogen) atoms. The lowest BCUT2D eigenvalue weighted by Gasteiger charge is -2.16. The predicted octanol–water partition coefficient (Wildman–Crippen LogP) is 6.67. The van der Waals surface area contributed by atoms with Crippen LogP contribution >= 0.6 is 34.2 Å². The number of ether oxygens (including phenoxy) is 2. The summed E-state index contributed by atoms with van der Waals surface area (Å²) in [4.78, 5) is 0. The average molecular weight is 512 g/mol. The van der Waals surface area contributed by atoms with Gasteiger partial charge in [0, 0.05) is 17.3 Å². The van der Waals surface area contributed by atoms with E-state index in [9.17, 15) is 4.39 Å².